The molecule has 0 fully saturated rings. The number of rotatable bonds is 8. The van der Waals surface area contributed by atoms with Crippen molar-refractivity contribution in [1.29, 1.82) is 0 Å². The van der Waals surface area contributed by atoms with Gasteiger partial charge in [0.2, 0.25) is 0 Å². The summed E-state index contributed by atoms with van der Waals surface area (Å²) < 4.78 is 111. The molecule has 0 radical (unpaired) electrons. The standard InChI is InChI=1S/C23H16Cl2F6N2O4S/c24-14-5-10-19(17(11-14)21(34)33(12-22(26,27)28)13-23(29,30)31)32-38(35,36)16-8-6-15(7-9-16)37-20-4-2-1-3-18(20)25/h1-11,32H,12-13H2. The van der Waals surface area contributed by atoms with E-state index in [1.165, 1.54) is 12.1 Å². The number of alkyl halides is 6. The molecule has 3 rings (SSSR count). The molecule has 3 aromatic rings. The second-order valence-corrected chi connectivity index (χ2v) is 10.2. The first-order chi connectivity index (χ1) is 17.5. The first-order valence-corrected chi connectivity index (χ1v) is 12.6. The van der Waals surface area contributed by atoms with Crippen molar-refractivity contribution in [3.63, 3.8) is 0 Å². The Morgan fingerprint density at radius 3 is 2.00 bits per heavy atom. The van der Waals surface area contributed by atoms with Crippen LogP contribution < -0.4 is 9.46 Å². The Balaban J connectivity index is 1.89. The molecule has 0 saturated heterocycles. The zero-order valence-electron chi connectivity index (χ0n) is 18.8. The van der Waals surface area contributed by atoms with Crippen LogP contribution in [0.1, 0.15) is 10.4 Å². The molecule has 0 aromatic heterocycles. The van der Waals surface area contributed by atoms with E-state index >= 15 is 0 Å². The van der Waals surface area contributed by atoms with Crippen molar-refractivity contribution in [3.8, 4) is 11.5 Å². The molecule has 6 nitrogen and oxygen atoms in total. The molecule has 0 atom stereocenters. The van der Waals surface area contributed by atoms with Crippen LogP contribution in [0.15, 0.2) is 71.6 Å². The first kappa shape index (κ1) is 29.4. The van der Waals surface area contributed by atoms with Crippen molar-refractivity contribution in [2.24, 2.45) is 0 Å². The Labute approximate surface area is 222 Å². The van der Waals surface area contributed by atoms with Crippen LogP contribution in [0.2, 0.25) is 10.0 Å². The van der Waals surface area contributed by atoms with Gasteiger partial charge in [-0.05, 0) is 54.6 Å². The van der Waals surface area contributed by atoms with Crippen molar-refractivity contribution in [2.45, 2.75) is 17.2 Å². The molecule has 1 N–H and O–H groups in total. The molecular weight excluding hydrogens is 585 g/mol. The van der Waals surface area contributed by atoms with Crippen LogP contribution >= 0.6 is 23.2 Å². The highest BCUT2D eigenvalue weighted by Crippen LogP contribution is 2.31. The van der Waals surface area contributed by atoms with Gasteiger partial charge < -0.3 is 9.64 Å². The molecular formula is C23H16Cl2F6N2O4S. The minimum absolute atomic E-state index is 0.217. The number of carbonyl (C=O) groups is 1. The maximum atomic E-state index is 12.9. The van der Waals surface area contributed by atoms with E-state index in [9.17, 15) is 39.6 Å². The van der Waals surface area contributed by atoms with Crippen molar-refractivity contribution in [2.75, 3.05) is 17.8 Å². The normalized spacial score (nSPS) is 12.2. The van der Waals surface area contributed by atoms with Crippen LogP contribution in [0.3, 0.4) is 0 Å². The van der Waals surface area contributed by atoms with E-state index < -0.39 is 57.5 Å². The highest BCUT2D eigenvalue weighted by atomic mass is 35.5. The summed E-state index contributed by atoms with van der Waals surface area (Å²) in [6, 6.07) is 14.2. The lowest BCUT2D eigenvalue weighted by atomic mass is 10.1. The first-order valence-electron chi connectivity index (χ1n) is 10.3. The molecule has 0 heterocycles. The monoisotopic (exact) mass is 600 g/mol. The SMILES string of the molecule is O=C(c1cc(Cl)ccc1NS(=O)(=O)c1ccc(Oc2ccccc2Cl)cc1)N(CC(F)(F)F)CC(F)(F)F. The van der Waals surface area contributed by atoms with E-state index in [0.717, 1.165) is 30.3 Å². The summed E-state index contributed by atoms with van der Waals surface area (Å²) in [4.78, 5) is 11.9. The second kappa shape index (κ2) is 11.3. The second-order valence-electron chi connectivity index (χ2n) is 7.69. The maximum absolute atomic E-state index is 12.9. The fourth-order valence-corrected chi connectivity index (χ4v) is 4.56. The van der Waals surface area contributed by atoms with E-state index in [1.54, 1.807) is 24.3 Å². The number of nitrogens with zero attached hydrogens (tertiary/aromatic N) is 1. The third kappa shape index (κ3) is 8.17. The molecule has 0 spiro atoms. The van der Waals surface area contributed by atoms with Gasteiger partial charge in [-0.3, -0.25) is 9.52 Å². The zero-order chi connectivity index (χ0) is 28.3. The Morgan fingerprint density at radius 1 is 0.868 bits per heavy atom. The van der Waals surface area contributed by atoms with Crippen molar-refractivity contribution < 1.29 is 44.3 Å². The largest absolute Gasteiger partial charge is 0.456 e. The number of amides is 1. The summed E-state index contributed by atoms with van der Waals surface area (Å²) in [6.07, 6.45) is -10.3. The zero-order valence-corrected chi connectivity index (χ0v) is 21.1. The Hall–Kier alpha value is -3.16. The molecule has 15 heteroatoms. The van der Waals surface area contributed by atoms with Crippen LogP contribution in [0.5, 0.6) is 11.5 Å². The van der Waals surface area contributed by atoms with Gasteiger partial charge in [-0.1, -0.05) is 35.3 Å². The Bertz CT molecular complexity index is 1400. The molecule has 0 saturated carbocycles. The Kier molecular flexibility index (Phi) is 8.74. The smallest absolute Gasteiger partial charge is 0.406 e. The minimum Gasteiger partial charge on any atom is -0.456 e. The third-order valence-corrected chi connectivity index (χ3v) is 6.61. The van der Waals surface area contributed by atoms with Gasteiger partial charge in [-0.15, -0.1) is 0 Å². The summed E-state index contributed by atoms with van der Waals surface area (Å²) in [5, 5.41) is 0.0761. The molecule has 1 amide bonds. The minimum atomic E-state index is -5.16. The van der Waals surface area contributed by atoms with E-state index in [0.29, 0.717) is 10.8 Å². The summed E-state index contributed by atoms with van der Waals surface area (Å²) in [6.45, 7) is -4.45. The lowest BCUT2D eigenvalue weighted by Gasteiger charge is -2.26. The van der Waals surface area contributed by atoms with E-state index in [2.05, 4.69) is 0 Å². The predicted molar refractivity (Wildman–Crippen MR) is 128 cm³/mol. The summed E-state index contributed by atoms with van der Waals surface area (Å²) in [7, 11) is -4.47. The molecule has 204 valence electrons. The van der Waals surface area contributed by atoms with Crippen LogP contribution in [0.4, 0.5) is 32.0 Å². The van der Waals surface area contributed by atoms with Gasteiger partial charge in [0.1, 0.15) is 24.6 Å². The number of hydrogen-bond donors (Lipinski definition) is 1. The number of anilines is 1. The average Bonchev–Trinajstić information content (AvgIpc) is 2.79. The summed E-state index contributed by atoms with van der Waals surface area (Å²) >= 11 is 11.8. The number of ether oxygens (including phenoxy) is 1. The third-order valence-electron chi connectivity index (χ3n) is 4.68. The van der Waals surface area contributed by atoms with Gasteiger partial charge in [0.05, 0.1) is 21.2 Å². The van der Waals surface area contributed by atoms with Crippen LogP contribution in [0, 0.1) is 0 Å². The topological polar surface area (TPSA) is 75.7 Å². The van der Waals surface area contributed by atoms with Crippen LogP contribution in [-0.4, -0.2) is 44.7 Å². The van der Waals surface area contributed by atoms with E-state index in [1.807, 2.05) is 4.72 Å². The van der Waals surface area contributed by atoms with Gasteiger partial charge in [0, 0.05) is 5.02 Å². The van der Waals surface area contributed by atoms with Gasteiger partial charge in [-0.2, -0.15) is 26.3 Å². The highest BCUT2D eigenvalue weighted by Gasteiger charge is 2.40. The number of sulfonamides is 1. The number of halogens is 8. The van der Waals surface area contributed by atoms with Crippen LogP contribution in [0.25, 0.3) is 0 Å². The fraction of sp³-hybridized carbons (Fsp3) is 0.174. The Morgan fingerprint density at radius 2 is 1.45 bits per heavy atom. The number of para-hydroxylation sites is 1. The fourth-order valence-electron chi connectivity index (χ4n) is 3.13. The molecule has 0 bridgehead atoms. The molecule has 0 unspecified atom stereocenters. The number of benzene rings is 3. The number of hydrogen-bond acceptors (Lipinski definition) is 4. The van der Waals surface area contributed by atoms with E-state index in [4.69, 9.17) is 27.9 Å². The molecule has 0 aliphatic heterocycles. The van der Waals surface area contributed by atoms with E-state index in [-0.39, 0.29) is 15.7 Å². The lowest BCUT2D eigenvalue weighted by Crippen LogP contribution is -2.44. The molecule has 3 aromatic carbocycles. The summed E-state index contributed by atoms with van der Waals surface area (Å²) in [5.41, 5.74) is -1.39. The average molecular weight is 601 g/mol. The van der Waals surface area contributed by atoms with Gasteiger partial charge in [-0.25, -0.2) is 8.42 Å². The van der Waals surface area contributed by atoms with Crippen LogP contribution in [-0.2, 0) is 10.0 Å². The lowest BCUT2D eigenvalue weighted by molar-refractivity contribution is -0.171. The van der Waals surface area contributed by atoms with Crippen molar-refractivity contribution >= 4 is 44.8 Å². The molecule has 0 aliphatic carbocycles. The maximum Gasteiger partial charge on any atom is 0.406 e. The van der Waals surface area contributed by atoms with Crippen molar-refractivity contribution in [1.82, 2.24) is 4.90 Å². The highest BCUT2D eigenvalue weighted by molar-refractivity contribution is 7.92. The van der Waals surface area contributed by atoms with Gasteiger partial charge in [0.25, 0.3) is 15.9 Å². The predicted octanol–water partition coefficient (Wildman–Crippen LogP) is 7.15. The molecule has 0 aliphatic rings. The summed E-state index contributed by atoms with van der Waals surface area (Å²) in [5.74, 6) is -1.22. The number of carbonyl (C=O) groups excluding carboxylic acids is 1. The quantitative estimate of drug-likeness (QED) is 0.278. The molecule has 38 heavy (non-hydrogen) atoms. The van der Waals surface area contributed by atoms with Crippen molar-refractivity contribution in [3.05, 3.63) is 82.3 Å². The number of nitrogens with one attached hydrogen (secondary N) is 1. The van der Waals surface area contributed by atoms with Gasteiger partial charge >= 0.3 is 12.4 Å². The van der Waals surface area contributed by atoms with Gasteiger partial charge in [0.15, 0.2) is 0 Å².